The van der Waals surface area contributed by atoms with Crippen LogP contribution < -0.4 is 11.6 Å². The molecule has 4 N–H and O–H groups in total. The Hall–Kier alpha value is -3.29. The van der Waals surface area contributed by atoms with E-state index in [1.165, 1.54) is 0 Å². The number of alkyl halides is 2. The number of hydrazone groups is 1. The van der Waals surface area contributed by atoms with E-state index in [9.17, 15) is 13.6 Å². The summed E-state index contributed by atoms with van der Waals surface area (Å²) in [4.78, 5) is 16.8. The molecular formula is C25H28F2N4O2. The maximum Gasteiger partial charge on any atom is 0.310 e. The van der Waals surface area contributed by atoms with Crippen LogP contribution in [0.25, 0.3) is 17.2 Å². The first-order valence-corrected chi connectivity index (χ1v) is 10.9. The Morgan fingerprint density at radius 1 is 1.24 bits per heavy atom. The third-order valence-electron chi connectivity index (χ3n) is 7.52. The summed E-state index contributed by atoms with van der Waals surface area (Å²) in [6, 6.07) is 11.1. The van der Waals surface area contributed by atoms with Gasteiger partial charge in [0.05, 0.1) is 11.6 Å². The number of nitrogens with zero attached hydrogens (tertiary/aromatic N) is 2. The fourth-order valence-electron chi connectivity index (χ4n) is 5.25. The van der Waals surface area contributed by atoms with Crippen LogP contribution in [0.15, 0.2) is 53.8 Å². The van der Waals surface area contributed by atoms with Crippen LogP contribution in [-0.2, 0) is 9.53 Å². The molecule has 2 aliphatic rings. The van der Waals surface area contributed by atoms with E-state index in [2.05, 4.69) is 10.1 Å². The number of nitrogens with two attached hydrogens (primary N) is 2. The fraction of sp³-hybridized carbons (Fsp3) is 0.400. The first-order valence-electron chi connectivity index (χ1n) is 10.9. The first-order chi connectivity index (χ1) is 15.6. The van der Waals surface area contributed by atoms with Gasteiger partial charge in [-0.15, -0.1) is 0 Å². The molecule has 6 nitrogen and oxygen atoms in total. The van der Waals surface area contributed by atoms with Gasteiger partial charge in [-0.25, -0.2) is 8.78 Å². The van der Waals surface area contributed by atoms with Crippen molar-refractivity contribution in [3.05, 3.63) is 59.9 Å². The van der Waals surface area contributed by atoms with Gasteiger partial charge in [-0.3, -0.25) is 9.78 Å². The molecule has 2 fully saturated rings. The molecule has 2 aromatic rings. The third-order valence-corrected chi connectivity index (χ3v) is 7.52. The topological polar surface area (TPSA) is 104 Å². The molecule has 4 rings (SSSR count). The highest BCUT2D eigenvalue weighted by molar-refractivity contribution is 6.03. The van der Waals surface area contributed by atoms with Crippen LogP contribution in [-0.4, -0.2) is 28.8 Å². The molecule has 174 valence electrons. The number of benzene rings is 1. The van der Waals surface area contributed by atoms with Gasteiger partial charge in [0.25, 0.3) is 5.92 Å². The molecular weight excluding hydrogens is 426 g/mol. The molecule has 1 aromatic heterocycles. The van der Waals surface area contributed by atoms with Crippen LogP contribution in [0.1, 0.15) is 38.4 Å². The Bertz CT molecular complexity index is 1120. The summed E-state index contributed by atoms with van der Waals surface area (Å²) in [5.41, 5.74) is 8.17. The lowest BCUT2D eigenvalue weighted by Crippen LogP contribution is -2.53. The van der Waals surface area contributed by atoms with Crippen LogP contribution in [0.5, 0.6) is 0 Å². The molecule has 0 amide bonds. The van der Waals surface area contributed by atoms with Crippen molar-refractivity contribution in [1.29, 1.82) is 0 Å². The standard InChI is InChI=1S/C25H28F2N4O2/c1-14-20(24(3)15(2)33-23(32)21(24)12-25(14,26)27)11-10-17-9-8-16(13-30-17)18-6-4-5-7-19(18)22(28)31-29/h4-11,13-15,20-21H,12,29H2,1-3H3,(H2,28,31). The number of carbonyl (C=O) groups is 1. The number of halogens is 2. The second-order valence-electron chi connectivity index (χ2n) is 9.17. The second-order valence-corrected chi connectivity index (χ2v) is 9.17. The number of hydrogen-bond donors (Lipinski definition) is 2. The van der Waals surface area contributed by atoms with Crippen molar-refractivity contribution in [3.63, 3.8) is 0 Å². The number of aromatic nitrogens is 1. The van der Waals surface area contributed by atoms with Crippen LogP contribution in [0.2, 0.25) is 0 Å². The number of fused-ring (bicyclic) bond motifs is 1. The SMILES string of the molecule is CC1C(C=Cc2ccc(-c3ccccc3C(N)=NN)cn2)C2(C)C(C)OC(=O)C2CC1(F)F. The zero-order valence-electron chi connectivity index (χ0n) is 18.8. The van der Waals surface area contributed by atoms with Gasteiger partial charge in [0, 0.05) is 35.1 Å². The molecule has 5 atom stereocenters. The Morgan fingerprint density at radius 2 is 1.97 bits per heavy atom. The molecule has 1 saturated heterocycles. The quantitative estimate of drug-likeness (QED) is 0.237. The van der Waals surface area contributed by atoms with E-state index in [0.29, 0.717) is 11.3 Å². The average Bonchev–Trinajstić information content (AvgIpc) is 3.02. The summed E-state index contributed by atoms with van der Waals surface area (Å²) < 4.78 is 34.9. The van der Waals surface area contributed by atoms with Crippen LogP contribution in [0.4, 0.5) is 8.78 Å². The predicted octanol–water partition coefficient (Wildman–Crippen LogP) is 4.20. The summed E-state index contributed by atoms with van der Waals surface area (Å²) in [6.45, 7) is 5.21. The first kappa shape index (κ1) is 22.9. The number of rotatable bonds is 4. The summed E-state index contributed by atoms with van der Waals surface area (Å²) in [6.07, 6.45) is 4.28. The molecule has 1 aliphatic carbocycles. The van der Waals surface area contributed by atoms with Gasteiger partial charge in [-0.05, 0) is 30.5 Å². The number of hydrogen-bond acceptors (Lipinski definition) is 5. The molecule has 1 saturated carbocycles. The molecule has 1 aromatic carbocycles. The van der Waals surface area contributed by atoms with E-state index < -0.39 is 47.6 Å². The number of cyclic esters (lactones) is 1. The highest BCUT2D eigenvalue weighted by atomic mass is 19.3. The van der Waals surface area contributed by atoms with Gasteiger partial charge in [0.1, 0.15) is 6.10 Å². The minimum atomic E-state index is -2.95. The van der Waals surface area contributed by atoms with Gasteiger partial charge in [-0.1, -0.05) is 50.3 Å². The molecule has 2 heterocycles. The third kappa shape index (κ3) is 3.77. The number of pyridine rings is 1. The Morgan fingerprint density at radius 3 is 2.64 bits per heavy atom. The number of allylic oxidation sites excluding steroid dienone is 1. The van der Waals surface area contributed by atoms with Gasteiger partial charge in [0.15, 0.2) is 5.84 Å². The highest BCUT2D eigenvalue weighted by Crippen LogP contribution is 2.59. The number of carbonyl (C=O) groups excluding carboxylic acids is 1. The predicted molar refractivity (Wildman–Crippen MR) is 123 cm³/mol. The van der Waals surface area contributed by atoms with Crippen molar-refractivity contribution in [2.75, 3.05) is 0 Å². The van der Waals surface area contributed by atoms with E-state index in [1.807, 2.05) is 43.3 Å². The Kier molecular flexibility index (Phi) is 5.72. The molecule has 0 radical (unpaired) electrons. The van der Waals surface area contributed by atoms with E-state index in [-0.39, 0.29) is 5.84 Å². The monoisotopic (exact) mass is 454 g/mol. The maximum absolute atomic E-state index is 14.8. The van der Waals surface area contributed by atoms with Crippen LogP contribution in [0.3, 0.4) is 0 Å². The van der Waals surface area contributed by atoms with Gasteiger partial charge < -0.3 is 16.3 Å². The van der Waals surface area contributed by atoms with Crippen molar-refractivity contribution in [2.45, 2.75) is 39.2 Å². The lowest BCUT2D eigenvalue weighted by molar-refractivity contribution is -0.161. The fourth-order valence-corrected chi connectivity index (χ4v) is 5.25. The van der Waals surface area contributed by atoms with Crippen molar-refractivity contribution in [3.8, 4) is 11.1 Å². The molecule has 33 heavy (non-hydrogen) atoms. The number of amidine groups is 1. The molecule has 0 bridgehead atoms. The minimum absolute atomic E-state index is 0.215. The van der Waals surface area contributed by atoms with E-state index in [4.69, 9.17) is 16.3 Å². The highest BCUT2D eigenvalue weighted by Gasteiger charge is 2.65. The largest absolute Gasteiger partial charge is 0.462 e. The van der Waals surface area contributed by atoms with Crippen molar-refractivity contribution >= 4 is 17.9 Å². The Labute approximate surface area is 191 Å². The van der Waals surface area contributed by atoms with Crippen molar-refractivity contribution in [1.82, 2.24) is 4.98 Å². The number of esters is 1. The molecule has 8 heteroatoms. The average molecular weight is 455 g/mol. The lowest BCUT2D eigenvalue weighted by atomic mass is 9.55. The molecule has 1 aliphatic heterocycles. The molecule has 5 unspecified atom stereocenters. The summed E-state index contributed by atoms with van der Waals surface area (Å²) in [5, 5.41) is 3.57. The summed E-state index contributed by atoms with van der Waals surface area (Å²) in [7, 11) is 0. The zero-order chi connectivity index (χ0) is 24.0. The zero-order valence-corrected chi connectivity index (χ0v) is 18.8. The van der Waals surface area contributed by atoms with Crippen LogP contribution >= 0.6 is 0 Å². The smallest absolute Gasteiger partial charge is 0.310 e. The van der Waals surface area contributed by atoms with E-state index in [1.54, 1.807) is 32.2 Å². The minimum Gasteiger partial charge on any atom is -0.462 e. The molecule has 0 spiro atoms. The van der Waals surface area contributed by atoms with E-state index >= 15 is 0 Å². The van der Waals surface area contributed by atoms with Crippen molar-refractivity contribution < 1.29 is 18.3 Å². The second kappa shape index (κ2) is 8.24. The maximum atomic E-state index is 14.8. The summed E-state index contributed by atoms with van der Waals surface area (Å²) >= 11 is 0. The summed E-state index contributed by atoms with van der Waals surface area (Å²) in [5.74, 6) is -0.234. The van der Waals surface area contributed by atoms with Gasteiger partial charge >= 0.3 is 5.97 Å². The number of ether oxygens (including phenoxy) is 1. The normalized spacial score (nSPS) is 31.4. The van der Waals surface area contributed by atoms with E-state index in [0.717, 1.165) is 11.1 Å². The van der Waals surface area contributed by atoms with Gasteiger partial charge in [-0.2, -0.15) is 5.10 Å². The van der Waals surface area contributed by atoms with Crippen LogP contribution in [0, 0.1) is 23.2 Å². The lowest BCUT2D eigenvalue weighted by Gasteiger charge is -2.48. The van der Waals surface area contributed by atoms with Crippen molar-refractivity contribution in [2.24, 2.45) is 39.8 Å². The Balaban J connectivity index is 1.64. The van der Waals surface area contributed by atoms with Gasteiger partial charge in [0.2, 0.25) is 0 Å².